The van der Waals surface area contributed by atoms with Crippen LogP contribution in [0, 0.1) is 5.41 Å². The third-order valence-electron chi connectivity index (χ3n) is 3.44. The van der Waals surface area contributed by atoms with E-state index in [1.807, 2.05) is 32.0 Å². The van der Waals surface area contributed by atoms with Crippen molar-refractivity contribution >= 4 is 17.6 Å². The molecule has 0 bridgehead atoms. The maximum Gasteiger partial charge on any atom is 0.314 e. The molecule has 3 heteroatoms. The molecule has 0 heterocycles. The zero-order valence-electron chi connectivity index (χ0n) is 8.75. The summed E-state index contributed by atoms with van der Waals surface area (Å²) >= 11 is 6.06. The van der Waals surface area contributed by atoms with Crippen molar-refractivity contribution in [2.45, 2.75) is 25.7 Å². The van der Waals surface area contributed by atoms with Crippen molar-refractivity contribution in [2.75, 3.05) is 0 Å². The molecule has 1 aliphatic carbocycles. The number of hydrogen-bond acceptors (Lipinski definition) is 1. The molecule has 2 rings (SSSR count). The molecule has 1 aromatic rings. The molecule has 1 aromatic carbocycles. The lowest BCUT2D eigenvalue weighted by Crippen LogP contribution is -2.25. The fourth-order valence-electron chi connectivity index (χ4n) is 2.37. The van der Waals surface area contributed by atoms with Gasteiger partial charge in [0, 0.05) is 5.02 Å². The lowest BCUT2D eigenvalue weighted by atomic mass is 9.88. The van der Waals surface area contributed by atoms with Gasteiger partial charge in [-0.25, -0.2) is 0 Å². The van der Waals surface area contributed by atoms with E-state index in [1.165, 1.54) is 0 Å². The van der Waals surface area contributed by atoms with Crippen molar-refractivity contribution in [3.05, 3.63) is 34.9 Å². The van der Waals surface area contributed by atoms with Gasteiger partial charge in [0.05, 0.1) is 5.41 Å². The van der Waals surface area contributed by atoms with E-state index < -0.39 is 11.4 Å². The van der Waals surface area contributed by atoms with Gasteiger partial charge in [0.15, 0.2) is 0 Å². The Bertz CT molecular complexity index is 425. The van der Waals surface area contributed by atoms with Crippen molar-refractivity contribution in [1.29, 1.82) is 0 Å². The third kappa shape index (κ3) is 1.28. The molecule has 1 N–H and O–H groups in total. The number of carboxylic acid groups (broad SMARTS) is 1. The van der Waals surface area contributed by atoms with E-state index >= 15 is 0 Å². The number of carboxylic acids is 1. The molecular weight excluding hydrogens is 212 g/mol. The normalized spacial score (nSPS) is 27.4. The summed E-state index contributed by atoms with van der Waals surface area (Å²) in [5.41, 5.74) is -0.251. The van der Waals surface area contributed by atoms with Crippen LogP contribution in [-0.4, -0.2) is 11.1 Å². The van der Waals surface area contributed by atoms with E-state index in [-0.39, 0.29) is 5.41 Å². The molecule has 0 spiro atoms. The van der Waals surface area contributed by atoms with Crippen LogP contribution in [0.15, 0.2) is 24.3 Å². The summed E-state index contributed by atoms with van der Waals surface area (Å²) in [6.07, 6.45) is 0.652. The second kappa shape index (κ2) is 2.99. The van der Waals surface area contributed by atoms with E-state index in [1.54, 1.807) is 6.07 Å². The number of hydrogen-bond donors (Lipinski definition) is 1. The van der Waals surface area contributed by atoms with Crippen LogP contribution < -0.4 is 0 Å². The van der Waals surface area contributed by atoms with Crippen LogP contribution in [0.1, 0.15) is 25.8 Å². The SMILES string of the molecule is CC1(C)CC1(C(=O)O)c1ccccc1Cl. The first-order valence-corrected chi connectivity index (χ1v) is 5.28. The highest BCUT2D eigenvalue weighted by molar-refractivity contribution is 6.31. The van der Waals surface area contributed by atoms with Gasteiger partial charge in [0.2, 0.25) is 0 Å². The van der Waals surface area contributed by atoms with Gasteiger partial charge in [-0.15, -0.1) is 0 Å². The van der Waals surface area contributed by atoms with Crippen LogP contribution in [-0.2, 0) is 10.2 Å². The largest absolute Gasteiger partial charge is 0.481 e. The Morgan fingerprint density at radius 1 is 1.40 bits per heavy atom. The van der Waals surface area contributed by atoms with Crippen molar-refractivity contribution in [2.24, 2.45) is 5.41 Å². The number of carbonyl (C=O) groups is 1. The standard InChI is InChI=1S/C12H13ClO2/c1-11(2)7-12(11,10(14)15)8-5-3-4-6-9(8)13/h3-6H,7H2,1-2H3,(H,14,15). The van der Waals surface area contributed by atoms with Crippen LogP contribution >= 0.6 is 11.6 Å². The van der Waals surface area contributed by atoms with Gasteiger partial charge in [0.1, 0.15) is 0 Å². The fraction of sp³-hybridized carbons (Fsp3) is 0.417. The lowest BCUT2D eigenvalue weighted by molar-refractivity contribution is -0.141. The molecule has 0 saturated heterocycles. The summed E-state index contributed by atoms with van der Waals surface area (Å²) in [5.74, 6) is -0.777. The predicted octanol–water partition coefficient (Wildman–Crippen LogP) is 3.09. The van der Waals surface area contributed by atoms with E-state index in [0.717, 1.165) is 5.56 Å². The van der Waals surface area contributed by atoms with E-state index in [9.17, 15) is 9.90 Å². The Hall–Kier alpha value is -1.02. The molecule has 0 amide bonds. The summed E-state index contributed by atoms with van der Waals surface area (Å²) in [4.78, 5) is 11.4. The minimum absolute atomic E-state index is 0.205. The summed E-state index contributed by atoms with van der Waals surface area (Å²) in [6.45, 7) is 3.93. The first-order valence-electron chi connectivity index (χ1n) is 4.90. The maximum absolute atomic E-state index is 11.4. The lowest BCUT2D eigenvalue weighted by Gasteiger charge is -2.17. The minimum atomic E-state index is -0.786. The molecule has 1 atom stereocenters. The highest BCUT2D eigenvalue weighted by Crippen LogP contribution is 2.65. The Balaban J connectivity index is 2.55. The van der Waals surface area contributed by atoms with Gasteiger partial charge in [-0.3, -0.25) is 4.79 Å². The van der Waals surface area contributed by atoms with Crippen LogP contribution in [0.3, 0.4) is 0 Å². The Morgan fingerprint density at radius 3 is 2.33 bits per heavy atom. The van der Waals surface area contributed by atoms with E-state index in [4.69, 9.17) is 11.6 Å². The van der Waals surface area contributed by atoms with Crippen LogP contribution in [0.4, 0.5) is 0 Å². The summed E-state index contributed by atoms with van der Waals surface area (Å²) in [6, 6.07) is 7.21. The zero-order valence-corrected chi connectivity index (χ0v) is 9.51. The second-order valence-electron chi connectivity index (χ2n) is 4.75. The van der Waals surface area contributed by atoms with Gasteiger partial charge < -0.3 is 5.11 Å². The average Bonchev–Trinajstić information content (AvgIpc) is 2.71. The van der Waals surface area contributed by atoms with Crippen molar-refractivity contribution in [3.63, 3.8) is 0 Å². The highest BCUT2D eigenvalue weighted by Gasteiger charge is 2.68. The molecule has 0 aromatic heterocycles. The maximum atomic E-state index is 11.4. The molecule has 0 radical (unpaired) electrons. The zero-order chi connectivity index (χ0) is 11.3. The fourth-order valence-corrected chi connectivity index (χ4v) is 2.66. The minimum Gasteiger partial charge on any atom is -0.481 e. The van der Waals surface area contributed by atoms with E-state index in [2.05, 4.69) is 0 Å². The highest BCUT2D eigenvalue weighted by atomic mass is 35.5. The Kier molecular flexibility index (Phi) is 2.09. The monoisotopic (exact) mass is 224 g/mol. The first-order chi connectivity index (χ1) is 6.92. The van der Waals surface area contributed by atoms with Gasteiger partial charge >= 0.3 is 5.97 Å². The molecule has 80 valence electrons. The number of aliphatic carboxylic acids is 1. The van der Waals surface area contributed by atoms with Gasteiger partial charge in [-0.05, 0) is 23.5 Å². The Morgan fingerprint density at radius 2 is 1.93 bits per heavy atom. The summed E-state index contributed by atoms with van der Waals surface area (Å²) in [7, 11) is 0. The molecule has 1 fully saturated rings. The Labute approximate surface area is 93.9 Å². The average molecular weight is 225 g/mol. The van der Waals surface area contributed by atoms with Crippen molar-refractivity contribution in [1.82, 2.24) is 0 Å². The first kappa shape index (κ1) is 10.5. The number of benzene rings is 1. The molecule has 1 aliphatic rings. The molecule has 1 saturated carbocycles. The molecule has 1 unspecified atom stereocenters. The van der Waals surface area contributed by atoms with Crippen LogP contribution in [0.2, 0.25) is 5.02 Å². The number of rotatable bonds is 2. The van der Waals surface area contributed by atoms with Gasteiger partial charge in [-0.1, -0.05) is 43.6 Å². The molecule has 15 heavy (non-hydrogen) atoms. The summed E-state index contributed by atoms with van der Waals surface area (Å²) < 4.78 is 0. The van der Waals surface area contributed by atoms with Crippen LogP contribution in [0.25, 0.3) is 0 Å². The molecule has 0 aliphatic heterocycles. The third-order valence-corrected chi connectivity index (χ3v) is 3.77. The smallest absolute Gasteiger partial charge is 0.314 e. The quantitative estimate of drug-likeness (QED) is 0.838. The molecule has 2 nitrogen and oxygen atoms in total. The van der Waals surface area contributed by atoms with Gasteiger partial charge in [-0.2, -0.15) is 0 Å². The van der Waals surface area contributed by atoms with Crippen molar-refractivity contribution in [3.8, 4) is 0 Å². The number of halogens is 1. The topological polar surface area (TPSA) is 37.3 Å². The summed E-state index contributed by atoms with van der Waals surface area (Å²) in [5, 5.41) is 9.91. The predicted molar refractivity (Wildman–Crippen MR) is 59.2 cm³/mol. The molecular formula is C12H13ClO2. The van der Waals surface area contributed by atoms with E-state index in [0.29, 0.717) is 11.4 Å². The van der Waals surface area contributed by atoms with Crippen LogP contribution in [0.5, 0.6) is 0 Å². The van der Waals surface area contributed by atoms with Gasteiger partial charge in [0.25, 0.3) is 0 Å². The second-order valence-corrected chi connectivity index (χ2v) is 5.16. The van der Waals surface area contributed by atoms with Crippen molar-refractivity contribution < 1.29 is 9.90 Å².